The molecule has 1 unspecified atom stereocenters. The molecular formula is C25H28N2O. The van der Waals surface area contributed by atoms with Crippen molar-refractivity contribution < 1.29 is 0 Å². The van der Waals surface area contributed by atoms with E-state index in [9.17, 15) is 4.79 Å². The van der Waals surface area contributed by atoms with Crippen LogP contribution < -0.4 is 5.56 Å². The zero-order valence-electron chi connectivity index (χ0n) is 16.5. The molecule has 0 bridgehead atoms. The molecule has 2 aromatic heterocycles. The topological polar surface area (TPSA) is 45.8 Å². The summed E-state index contributed by atoms with van der Waals surface area (Å²) < 4.78 is 0. The van der Waals surface area contributed by atoms with Gasteiger partial charge < -0.3 is 4.98 Å². The zero-order valence-corrected chi connectivity index (χ0v) is 16.5. The molecule has 144 valence electrons. The van der Waals surface area contributed by atoms with E-state index in [0.29, 0.717) is 5.92 Å². The van der Waals surface area contributed by atoms with Gasteiger partial charge in [0.2, 0.25) is 5.56 Å². The third-order valence-electron chi connectivity index (χ3n) is 6.25. The number of nitrogens with zero attached hydrogens (tertiary/aromatic N) is 1. The summed E-state index contributed by atoms with van der Waals surface area (Å²) in [6.45, 7) is 2.07. The van der Waals surface area contributed by atoms with Crippen LogP contribution in [0.4, 0.5) is 0 Å². The van der Waals surface area contributed by atoms with E-state index in [1.54, 1.807) is 6.07 Å². The van der Waals surface area contributed by atoms with E-state index in [1.165, 1.54) is 37.7 Å². The second-order valence-electron chi connectivity index (χ2n) is 8.12. The van der Waals surface area contributed by atoms with Crippen LogP contribution in [-0.2, 0) is 11.8 Å². The Labute approximate surface area is 166 Å². The van der Waals surface area contributed by atoms with Crippen molar-refractivity contribution in [2.45, 2.75) is 50.9 Å². The van der Waals surface area contributed by atoms with Gasteiger partial charge in [-0.15, -0.1) is 0 Å². The van der Waals surface area contributed by atoms with Crippen molar-refractivity contribution in [3.8, 4) is 0 Å². The van der Waals surface area contributed by atoms with Crippen LogP contribution in [0.3, 0.4) is 0 Å². The van der Waals surface area contributed by atoms with Crippen molar-refractivity contribution in [3.63, 3.8) is 0 Å². The van der Waals surface area contributed by atoms with Crippen molar-refractivity contribution in [2.24, 2.45) is 5.92 Å². The zero-order chi connectivity index (χ0) is 19.4. The Bertz CT molecular complexity index is 956. The second kappa shape index (κ2) is 8.14. The molecule has 0 aliphatic heterocycles. The standard InChI is InChI=1S/C25H28N2O/c1-19-15-16-22(26-18-19)25(21-11-6-3-7-12-21,17-20-9-4-2-5-10-20)23-13-8-14-24(28)27-23/h2,4-5,8-10,13-16,18,21H,3,6-7,11-12,17H2,1H3,(H,27,28). The average molecular weight is 373 g/mol. The van der Waals surface area contributed by atoms with E-state index in [4.69, 9.17) is 4.98 Å². The first-order chi connectivity index (χ1) is 13.7. The highest BCUT2D eigenvalue weighted by Crippen LogP contribution is 2.46. The van der Waals surface area contributed by atoms with Gasteiger partial charge in [-0.1, -0.05) is 61.7 Å². The van der Waals surface area contributed by atoms with Crippen molar-refractivity contribution in [1.82, 2.24) is 9.97 Å². The van der Waals surface area contributed by atoms with E-state index in [0.717, 1.165) is 23.4 Å². The Balaban J connectivity index is 1.94. The minimum atomic E-state index is -0.324. The molecule has 1 saturated carbocycles. The average Bonchev–Trinajstić information content (AvgIpc) is 2.74. The first-order valence-corrected chi connectivity index (χ1v) is 10.4. The summed E-state index contributed by atoms with van der Waals surface area (Å²) in [6, 6.07) is 20.5. The molecule has 0 amide bonds. The van der Waals surface area contributed by atoms with Gasteiger partial charge in [0.05, 0.1) is 11.1 Å². The van der Waals surface area contributed by atoms with Crippen molar-refractivity contribution in [1.29, 1.82) is 0 Å². The fourth-order valence-electron chi connectivity index (χ4n) is 4.85. The van der Waals surface area contributed by atoms with Gasteiger partial charge in [-0.2, -0.15) is 0 Å². The van der Waals surface area contributed by atoms with Crippen molar-refractivity contribution in [3.05, 3.63) is 99.7 Å². The molecular weight excluding hydrogens is 344 g/mol. The number of aromatic amines is 1. The minimum absolute atomic E-state index is 0.0437. The summed E-state index contributed by atoms with van der Waals surface area (Å²) in [5, 5.41) is 0. The van der Waals surface area contributed by atoms with E-state index in [1.807, 2.05) is 12.3 Å². The maximum absolute atomic E-state index is 12.3. The van der Waals surface area contributed by atoms with Gasteiger partial charge >= 0.3 is 0 Å². The normalized spacial score (nSPS) is 17.2. The molecule has 3 aromatic rings. The Morgan fingerprint density at radius 2 is 1.75 bits per heavy atom. The highest BCUT2D eigenvalue weighted by Gasteiger charge is 2.44. The lowest BCUT2D eigenvalue weighted by Crippen LogP contribution is -2.42. The Kier molecular flexibility index (Phi) is 5.43. The number of hydrogen-bond donors (Lipinski definition) is 1. The smallest absolute Gasteiger partial charge is 0.248 e. The molecule has 1 atom stereocenters. The fourth-order valence-corrected chi connectivity index (χ4v) is 4.85. The summed E-state index contributed by atoms with van der Waals surface area (Å²) in [4.78, 5) is 20.4. The molecule has 1 N–H and O–H groups in total. The Morgan fingerprint density at radius 3 is 2.43 bits per heavy atom. The van der Waals surface area contributed by atoms with Crippen molar-refractivity contribution in [2.75, 3.05) is 0 Å². The number of H-pyrrole nitrogens is 1. The summed E-state index contributed by atoms with van der Waals surface area (Å²) in [5.74, 6) is 0.453. The number of rotatable bonds is 5. The molecule has 2 heterocycles. The highest BCUT2D eigenvalue weighted by atomic mass is 16.1. The SMILES string of the molecule is Cc1ccc(C(Cc2ccccc2)(c2cccc(=O)[nH]2)C2CCCCC2)nc1. The van der Waals surface area contributed by atoms with Gasteiger partial charge in [0.25, 0.3) is 0 Å². The van der Waals surface area contributed by atoms with Gasteiger partial charge in [-0.3, -0.25) is 9.78 Å². The van der Waals surface area contributed by atoms with Crippen LogP contribution in [0, 0.1) is 12.8 Å². The quantitative estimate of drug-likeness (QED) is 0.670. The van der Waals surface area contributed by atoms with Crippen LogP contribution in [0.15, 0.2) is 71.7 Å². The lowest BCUT2D eigenvalue weighted by molar-refractivity contribution is 0.226. The first kappa shape index (κ1) is 18.7. The van der Waals surface area contributed by atoms with Crippen LogP contribution in [0.5, 0.6) is 0 Å². The summed E-state index contributed by atoms with van der Waals surface area (Å²) in [7, 11) is 0. The molecule has 4 rings (SSSR count). The third kappa shape index (κ3) is 3.66. The number of pyridine rings is 2. The lowest BCUT2D eigenvalue weighted by atomic mass is 9.62. The van der Waals surface area contributed by atoms with E-state index in [-0.39, 0.29) is 11.0 Å². The second-order valence-corrected chi connectivity index (χ2v) is 8.12. The minimum Gasteiger partial charge on any atom is -0.325 e. The lowest BCUT2D eigenvalue weighted by Gasteiger charge is -2.43. The number of benzene rings is 1. The molecule has 3 heteroatoms. The van der Waals surface area contributed by atoms with Crippen LogP contribution in [0.2, 0.25) is 0 Å². The molecule has 0 spiro atoms. The molecule has 1 aliphatic carbocycles. The predicted molar refractivity (Wildman–Crippen MR) is 114 cm³/mol. The number of aryl methyl sites for hydroxylation is 1. The number of nitrogens with one attached hydrogen (secondary N) is 1. The Morgan fingerprint density at radius 1 is 0.964 bits per heavy atom. The first-order valence-electron chi connectivity index (χ1n) is 10.4. The van der Waals surface area contributed by atoms with E-state index in [2.05, 4.69) is 60.4 Å². The highest BCUT2D eigenvalue weighted by molar-refractivity contribution is 5.37. The fraction of sp³-hybridized carbons (Fsp3) is 0.360. The summed E-state index contributed by atoms with van der Waals surface area (Å²) >= 11 is 0. The van der Waals surface area contributed by atoms with Gasteiger partial charge in [0.15, 0.2) is 0 Å². The van der Waals surface area contributed by atoms with Gasteiger partial charge in [0, 0.05) is 18.0 Å². The number of hydrogen-bond acceptors (Lipinski definition) is 2. The third-order valence-corrected chi connectivity index (χ3v) is 6.25. The number of aromatic nitrogens is 2. The molecule has 0 radical (unpaired) electrons. The van der Waals surface area contributed by atoms with Gasteiger partial charge in [0.1, 0.15) is 0 Å². The predicted octanol–water partition coefficient (Wildman–Crippen LogP) is 5.19. The molecule has 28 heavy (non-hydrogen) atoms. The molecule has 3 nitrogen and oxygen atoms in total. The molecule has 1 aromatic carbocycles. The summed E-state index contributed by atoms with van der Waals surface area (Å²) in [6.07, 6.45) is 8.91. The molecule has 1 aliphatic rings. The molecule has 0 saturated heterocycles. The van der Waals surface area contributed by atoms with Crippen LogP contribution in [0.1, 0.15) is 54.6 Å². The monoisotopic (exact) mass is 372 g/mol. The Hall–Kier alpha value is -2.68. The van der Waals surface area contributed by atoms with Gasteiger partial charge in [-0.25, -0.2) is 0 Å². The van der Waals surface area contributed by atoms with Gasteiger partial charge in [-0.05, 0) is 55.4 Å². The summed E-state index contributed by atoms with van der Waals surface area (Å²) in [5.41, 5.74) is 4.12. The van der Waals surface area contributed by atoms with Crippen LogP contribution in [0.25, 0.3) is 0 Å². The maximum Gasteiger partial charge on any atom is 0.248 e. The van der Waals surface area contributed by atoms with E-state index >= 15 is 0 Å². The van der Waals surface area contributed by atoms with E-state index < -0.39 is 0 Å². The largest absolute Gasteiger partial charge is 0.325 e. The van der Waals surface area contributed by atoms with Crippen LogP contribution in [-0.4, -0.2) is 9.97 Å². The van der Waals surface area contributed by atoms with Crippen LogP contribution >= 0.6 is 0 Å². The maximum atomic E-state index is 12.3. The molecule has 1 fully saturated rings. The van der Waals surface area contributed by atoms with Crippen molar-refractivity contribution >= 4 is 0 Å².